The molecule has 1 heterocycles. The van der Waals surface area contributed by atoms with Gasteiger partial charge in [0, 0.05) is 26.2 Å². The molecule has 6 heteroatoms. The van der Waals surface area contributed by atoms with Crippen molar-refractivity contribution in [1.82, 2.24) is 5.43 Å². The van der Waals surface area contributed by atoms with E-state index in [4.69, 9.17) is 11.6 Å². The van der Waals surface area contributed by atoms with E-state index in [0.717, 1.165) is 19.4 Å². The molecule has 0 spiro atoms. The zero-order valence-electron chi connectivity index (χ0n) is 11.2. The molecule has 2 aromatic carbocycles. The van der Waals surface area contributed by atoms with Crippen molar-refractivity contribution in [3.8, 4) is 0 Å². The van der Waals surface area contributed by atoms with E-state index in [9.17, 15) is 4.79 Å². The summed E-state index contributed by atoms with van der Waals surface area (Å²) in [6, 6.07) is 14.8. The van der Waals surface area contributed by atoms with Crippen molar-refractivity contribution in [2.75, 3.05) is 0 Å². The van der Waals surface area contributed by atoms with Crippen molar-refractivity contribution in [2.24, 2.45) is 5.10 Å². The van der Waals surface area contributed by atoms with Gasteiger partial charge < -0.3 is 0 Å². The van der Waals surface area contributed by atoms with E-state index in [1.165, 1.54) is 0 Å². The van der Waals surface area contributed by atoms with Gasteiger partial charge in [0.05, 0.1) is 10.0 Å². The molecular formula is C16H10BrClN2OS. The second-order valence-electron chi connectivity index (χ2n) is 4.50. The number of rotatable bonds is 3. The molecule has 110 valence electrons. The number of nitrogens with zero attached hydrogens (tertiary/aromatic N) is 1. The van der Waals surface area contributed by atoms with Gasteiger partial charge in [0.2, 0.25) is 0 Å². The van der Waals surface area contributed by atoms with Gasteiger partial charge in [-0.1, -0.05) is 35.9 Å². The number of carbonyl (C=O) groups excluding carboxylic acids is 1. The van der Waals surface area contributed by atoms with Gasteiger partial charge in [0.15, 0.2) is 0 Å². The molecule has 0 aliphatic carbocycles. The van der Waals surface area contributed by atoms with Gasteiger partial charge >= 0.3 is 0 Å². The third-order valence-electron chi connectivity index (χ3n) is 3.04. The molecule has 0 atom stereocenters. The number of hydrogen-bond donors (Lipinski definition) is 1. The van der Waals surface area contributed by atoms with Crippen LogP contribution < -0.4 is 5.43 Å². The average Bonchev–Trinajstić information content (AvgIpc) is 2.83. The fourth-order valence-electron chi connectivity index (χ4n) is 2.01. The Kier molecular flexibility index (Phi) is 4.57. The summed E-state index contributed by atoms with van der Waals surface area (Å²) < 4.78 is 2.14. The largest absolute Gasteiger partial charge is 0.271 e. The lowest BCUT2D eigenvalue weighted by molar-refractivity contribution is 0.0955. The summed E-state index contributed by atoms with van der Waals surface area (Å²) in [5, 5.41) is 5.65. The van der Waals surface area contributed by atoms with E-state index in [2.05, 4.69) is 26.5 Å². The summed E-state index contributed by atoms with van der Waals surface area (Å²) in [4.78, 5) is 12.0. The van der Waals surface area contributed by atoms with E-state index >= 15 is 0 Å². The first kappa shape index (κ1) is 15.2. The standard InChI is InChI=1S/C16H10BrClN2OS/c17-15-13(12-6-1-2-7-14(12)22-15)9-19-20-16(21)10-4-3-5-11(18)8-10/h1-9H,(H,20,21). The van der Waals surface area contributed by atoms with Crippen LogP contribution in [0, 0.1) is 0 Å². The smallest absolute Gasteiger partial charge is 0.267 e. The topological polar surface area (TPSA) is 41.5 Å². The van der Waals surface area contributed by atoms with Crippen molar-refractivity contribution in [2.45, 2.75) is 0 Å². The fraction of sp³-hybridized carbons (Fsp3) is 0. The quantitative estimate of drug-likeness (QED) is 0.489. The summed E-state index contributed by atoms with van der Waals surface area (Å²) >= 11 is 11.0. The Morgan fingerprint density at radius 2 is 2.05 bits per heavy atom. The average molecular weight is 394 g/mol. The maximum Gasteiger partial charge on any atom is 0.271 e. The number of hydrazone groups is 1. The van der Waals surface area contributed by atoms with Crippen LogP contribution in [-0.4, -0.2) is 12.1 Å². The molecule has 1 amide bonds. The van der Waals surface area contributed by atoms with E-state index in [1.54, 1.807) is 41.8 Å². The summed E-state index contributed by atoms with van der Waals surface area (Å²) in [5.41, 5.74) is 3.93. The van der Waals surface area contributed by atoms with Crippen molar-refractivity contribution in [3.63, 3.8) is 0 Å². The van der Waals surface area contributed by atoms with Crippen LogP contribution in [0.1, 0.15) is 15.9 Å². The molecule has 0 radical (unpaired) electrons. The number of nitrogens with one attached hydrogen (secondary N) is 1. The first-order chi connectivity index (χ1) is 10.6. The summed E-state index contributed by atoms with van der Waals surface area (Å²) in [6.07, 6.45) is 1.64. The van der Waals surface area contributed by atoms with Crippen LogP contribution >= 0.6 is 38.9 Å². The third-order valence-corrected chi connectivity index (χ3v) is 5.16. The van der Waals surface area contributed by atoms with Crippen LogP contribution in [0.15, 0.2) is 57.4 Å². The maximum absolute atomic E-state index is 12.0. The monoisotopic (exact) mass is 392 g/mol. The van der Waals surface area contributed by atoms with E-state index < -0.39 is 0 Å². The molecule has 0 unspecified atom stereocenters. The van der Waals surface area contributed by atoms with E-state index in [-0.39, 0.29) is 5.91 Å². The normalized spacial score (nSPS) is 11.2. The first-order valence-electron chi connectivity index (χ1n) is 6.41. The van der Waals surface area contributed by atoms with E-state index in [0.29, 0.717) is 10.6 Å². The Bertz CT molecular complexity index is 875. The minimum absolute atomic E-state index is 0.297. The Morgan fingerprint density at radius 1 is 1.23 bits per heavy atom. The Morgan fingerprint density at radius 3 is 2.86 bits per heavy atom. The SMILES string of the molecule is O=C(NN=Cc1c(Br)sc2ccccc12)c1cccc(Cl)c1. The lowest BCUT2D eigenvalue weighted by atomic mass is 10.2. The fourth-order valence-corrected chi connectivity index (χ4v) is 3.94. The number of amides is 1. The lowest BCUT2D eigenvalue weighted by Crippen LogP contribution is -2.17. The van der Waals surface area contributed by atoms with Crippen LogP contribution in [0.5, 0.6) is 0 Å². The van der Waals surface area contributed by atoms with Crippen LogP contribution in [0.4, 0.5) is 0 Å². The van der Waals surface area contributed by atoms with Crippen molar-refractivity contribution in [3.05, 3.63) is 68.5 Å². The number of halogens is 2. The molecule has 22 heavy (non-hydrogen) atoms. The molecule has 0 aliphatic heterocycles. The molecule has 0 aliphatic rings. The van der Waals surface area contributed by atoms with Crippen LogP contribution in [0.2, 0.25) is 5.02 Å². The third kappa shape index (κ3) is 3.21. The molecule has 0 saturated carbocycles. The summed E-state index contributed by atoms with van der Waals surface area (Å²) in [7, 11) is 0. The van der Waals surface area contributed by atoms with Gasteiger partial charge in [0.1, 0.15) is 0 Å². The highest BCUT2D eigenvalue weighted by molar-refractivity contribution is 9.11. The van der Waals surface area contributed by atoms with Gasteiger partial charge in [-0.05, 0) is 40.2 Å². The molecule has 3 aromatic rings. The predicted octanol–water partition coefficient (Wildman–Crippen LogP) is 5.08. The van der Waals surface area contributed by atoms with Crippen LogP contribution in [-0.2, 0) is 0 Å². The molecule has 0 fully saturated rings. The molecule has 1 aromatic heterocycles. The van der Waals surface area contributed by atoms with Gasteiger partial charge in [0.25, 0.3) is 5.91 Å². The molecule has 3 rings (SSSR count). The lowest BCUT2D eigenvalue weighted by Gasteiger charge is -2.00. The van der Waals surface area contributed by atoms with E-state index in [1.807, 2.05) is 24.3 Å². The van der Waals surface area contributed by atoms with Gasteiger partial charge in [-0.15, -0.1) is 11.3 Å². The minimum Gasteiger partial charge on any atom is -0.267 e. The Balaban J connectivity index is 1.79. The highest BCUT2D eigenvalue weighted by Gasteiger charge is 2.08. The summed E-state index contributed by atoms with van der Waals surface area (Å²) in [6.45, 7) is 0. The van der Waals surface area contributed by atoms with Crippen LogP contribution in [0.3, 0.4) is 0 Å². The van der Waals surface area contributed by atoms with Crippen molar-refractivity contribution < 1.29 is 4.79 Å². The zero-order chi connectivity index (χ0) is 15.5. The summed E-state index contributed by atoms with van der Waals surface area (Å²) in [5.74, 6) is -0.297. The van der Waals surface area contributed by atoms with Gasteiger partial charge in [-0.25, -0.2) is 5.43 Å². The Hall–Kier alpha value is -1.69. The van der Waals surface area contributed by atoms with Crippen molar-refractivity contribution >= 4 is 61.1 Å². The number of carbonyl (C=O) groups is 1. The number of benzene rings is 2. The minimum atomic E-state index is -0.297. The van der Waals surface area contributed by atoms with Gasteiger partial charge in [-0.3, -0.25) is 4.79 Å². The second kappa shape index (κ2) is 6.60. The zero-order valence-corrected chi connectivity index (χ0v) is 14.4. The Labute approximate surface area is 144 Å². The molecule has 1 N–H and O–H groups in total. The maximum atomic E-state index is 12.0. The highest BCUT2D eigenvalue weighted by Crippen LogP contribution is 2.33. The number of thiophene rings is 1. The highest BCUT2D eigenvalue weighted by atomic mass is 79.9. The first-order valence-corrected chi connectivity index (χ1v) is 8.40. The van der Waals surface area contributed by atoms with Crippen molar-refractivity contribution in [1.29, 1.82) is 0 Å². The number of hydrogen-bond acceptors (Lipinski definition) is 3. The molecular weight excluding hydrogens is 384 g/mol. The number of fused-ring (bicyclic) bond motifs is 1. The predicted molar refractivity (Wildman–Crippen MR) is 96.0 cm³/mol. The van der Waals surface area contributed by atoms with Crippen LogP contribution in [0.25, 0.3) is 10.1 Å². The molecule has 0 saturated heterocycles. The second-order valence-corrected chi connectivity index (χ2v) is 7.30. The molecule has 0 bridgehead atoms. The molecule has 3 nitrogen and oxygen atoms in total. The van der Waals surface area contributed by atoms with Gasteiger partial charge in [-0.2, -0.15) is 5.10 Å².